The van der Waals surface area contributed by atoms with Gasteiger partial charge in [-0.15, -0.1) is 0 Å². The van der Waals surface area contributed by atoms with Crippen LogP contribution in [0.25, 0.3) is 0 Å². The molecule has 122 valence electrons. The molecule has 2 aromatic rings. The molecule has 1 amide bonds. The van der Waals surface area contributed by atoms with Crippen molar-refractivity contribution in [2.75, 3.05) is 0 Å². The predicted molar refractivity (Wildman–Crippen MR) is 82.5 cm³/mol. The van der Waals surface area contributed by atoms with Gasteiger partial charge in [-0.3, -0.25) is 9.59 Å². The Morgan fingerprint density at radius 2 is 2.00 bits per heavy atom. The number of carbonyl (C=O) groups excluding carboxylic acids is 1. The quantitative estimate of drug-likeness (QED) is 0.629. The van der Waals surface area contributed by atoms with Gasteiger partial charge in [0.05, 0.1) is 24.0 Å². The summed E-state index contributed by atoms with van der Waals surface area (Å²) in [5.41, 5.74) is 4.19. The summed E-state index contributed by atoms with van der Waals surface area (Å²) in [4.78, 5) is 22.6. The highest BCUT2D eigenvalue weighted by molar-refractivity contribution is 6.01. The Bertz CT molecular complexity index is 754. The van der Waals surface area contributed by atoms with Gasteiger partial charge in [0.15, 0.2) is 0 Å². The second kappa shape index (κ2) is 6.95. The molecule has 2 aromatic heterocycles. The first-order chi connectivity index (χ1) is 10.9. The first-order valence-electron chi connectivity index (χ1n) is 7.08. The number of rotatable bonds is 6. The Kier molecular flexibility index (Phi) is 5.00. The summed E-state index contributed by atoms with van der Waals surface area (Å²) >= 11 is 0. The third-order valence-corrected chi connectivity index (χ3v) is 3.37. The number of aryl methyl sites for hydroxylation is 3. The average molecular weight is 318 g/mol. The van der Waals surface area contributed by atoms with E-state index >= 15 is 0 Å². The van der Waals surface area contributed by atoms with Crippen molar-refractivity contribution >= 4 is 17.6 Å². The SMILES string of the molecule is C/C(=N/NC(=O)c1ccoc1C)c1cc(CCC(=O)O)oc1C. The van der Waals surface area contributed by atoms with Crippen LogP contribution in [-0.2, 0) is 11.2 Å². The molecule has 0 fully saturated rings. The largest absolute Gasteiger partial charge is 0.481 e. The van der Waals surface area contributed by atoms with E-state index < -0.39 is 5.97 Å². The lowest BCUT2D eigenvalue weighted by Crippen LogP contribution is -2.19. The molecule has 2 heterocycles. The number of hydrazone groups is 1. The van der Waals surface area contributed by atoms with Gasteiger partial charge < -0.3 is 13.9 Å². The molecule has 0 aromatic carbocycles. The van der Waals surface area contributed by atoms with E-state index in [0.717, 1.165) is 5.56 Å². The molecule has 0 spiro atoms. The molecule has 2 rings (SSSR count). The Morgan fingerprint density at radius 3 is 2.61 bits per heavy atom. The van der Waals surface area contributed by atoms with Crippen molar-refractivity contribution < 1.29 is 23.5 Å². The fraction of sp³-hybridized carbons (Fsp3) is 0.312. The highest BCUT2D eigenvalue weighted by Gasteiger charge is 2.13. The average Bonchev–Trinajstić information content (AvgIpc) is 3.08. The number of nitrogens with zero attached hydrogens (tertiary/aromatic N) is 1. The van der Waals surface area contributed by atoms with Gasteiger partial charge in [-0.1, -0.05) is 0 Å². The van der Waals surface area contributed by atoms with E-state index in [2.05, 4.69) is 10.5 Å². The Balaban J connectivity index is 2.07. The maximum absolute atomic E-state index is 12.0. The van der Waals surface area contributed by atoms with Gasteiger partial charge in [-0.2, -0.15) is 5.10 Å². The minimum absolute atomic E-state index is 0.000907. The van der Waals surface area contributed by atoms with Crippen LogP contribution in [0.2, 0.25) is 0 Å². The first kappa shape index (κ1) is 16.5. The highest BCUT2D eigenvalue weighted by Crippen LogP contribution is 2.17. The molecular weight excluding hydrogens is 300 g/mol. The number of hydrogen-bond donors (Lipinski definition) is 2. The van der Waals surface area contributed by atoms with Crippen LogP contribution in [0.5, 0.6) is 0 Å². The predicted octanol–water partition coefficient (Wildman–Crippen LogP) is 2.66. The van der Waals surface area contributed by atoms with Gasteiger partial charge in [0.2, 0.25) is 0 Å². The molecular formula is C16H18N2O5. The Hall–Kier alpha value is -2.83. The number of amides is 1. The number of carboxylic acids is 1. The normalized spacial score (nSPS) is 11.5. The molecule has 0 radical (unpaired) electrons. The van der Waals surface area contributed by atoms with Crippen molar-refractivity contribution in [1.82, 2.24) is 5.43 Å². The molecule has 0 unspecified atom stereocenters. The van der Waals surface area contributed by atoms with Gasteiger partial charge in [0.1, 0.15) is 17.3 Å². The van der Waals surface area contributed by atoms with Gasteiger partial charge in [0, 0.05) is 12.0 Å². The summed E-state index contributed by atoms with van der Waals surface area (Å²) in [5.74, 6) is 0.481. The number of furan rings is 2. The monoisotopic (exact) mass is 318 g/mol. The zero-order valence-corrected chi connectivity index (χ0v) is 13.2. The summed E-state index contributed by atoms with van der Waals surface area (Å²) in [7, 11) is 0. The minimum Gasteiger partial charge on any atom is -0.481 e. The van der Waals surface area contributed by atoms with Crippen molar-refractivity contribution in [3.8, 4) is 0 Å². The van der Waals surface area contributed by atoms with E-state index in [-0.39, 0.29) is 12.3 Å². The van der Waals surface area contributed by atoms with E-state index in [1.54, 1.807) is 32.9 Å². The molecule has 0 aliphatic rings. The zero-order valence-electron chi connectivity index (χ0n) is 13.2. The molecule has 0 aliphatic heterocycles. The number of nitrogens with one attached hydrogen (secondary N) is 1. The fourth-order valence-electron chi connectivity index (χ4n) is 2.13. The van der Waals surface area contributed by atoms with Gasteiger partial charge in [0.25, 0.3) is 5.91 Å². The van der Waals surface area contributed by atoms with Crippen LogP contribution < -0.4 is 5.43 Å². The van der Waals surface area contributed by atoms with Gasteiger partial charge in [-0.25, -0.2) is 5.43 Å². The highest BCUT2D eigenvalue weighted by atomic mass is 16.4. The van der Waals surface area contributed by atoms with E-state index in [9.17, 15) is 9.59 Å². The molecule has 0 atom stereocenters. The van der Waals surface area contributed by atoms with Crippen LogP contribution in [0.3, 0.4) is 0 Å². The summed E-state index contributed by atoms with van der Waals surface area (Å²) in [6, 6.07) is 3.31. The lowest BCUT2D eigenvalue weighted by molar-refractivity contribution is -0.137. The van der Waals surface area contributed by atoms with E-state index in [1.165, 1.54) is 6.26 Å². The molecule has 7 heteroatoms. The van der Waals surface area contributed by atoms with Crippen molar-refractivity contribution in [3.05, 3.63) is 46.8 Å². The van der Waals surface area contributed by atoms with Crippen LogP contribution in [0, 0.1) is 13.8 Å². The second-order valence-corrected chi connectivity index (χ2v) is 5.10. The smallest absolute Gasteiger partial charge is 0.303 e. The standard InChI is InChI=1S/C16H18N2O5/c1-9(17-18-16(21)13-6-7-22-10(13)2)14-8-12(23-11(14)3)4-5-15(19)20/h6-8H,4-5H2,1-3H3,(H,18,21)(H,19,20)/b17-9-. The molecule has 7 nitrogen and oxygen atoms in total. The van der Waals surface area contributed by atoms with Crippen molar-refractivity contribution in [3.63, 3.8) is 0 Å². The number of carboxylic acid groups (broad SMARTS) is 1. The molecule has 23 heavy (non-hydrogen) atoms. The van der Waals surface area contributed by atoms with Crippen LogP contribution in [0.15, 0.2) is 32.3 Å². The van der Waals surface area contributed by atoms with Crippen LogP contribution in [0.1, 0.15) is 46.5 Å². The Labute approximate surface area is 133 Å². The summed E-state index contributed by atoms with van der Waals surface area (Å²) in [6.45, 7) is 5.20. The third-order valence-electron chi connectivity index (χ3n) is 3.37. The molecule has 0 saturated carbocycles. The number of carbonyl (C=O) groups is 2. The van der Waals surface area contributed by atoms with E-state index in [4.69, 9.17) is 13.9 Å². The zero-order chi connectivity index (χ0) is 17.0. The lowest BCUT2D eigenvalue weighted by atomic mass is 10.1. The molecule has 2 N–H and O–H groups in total. The maximum Gasteiger partial charge on any atom is 0.303 e. The van der Waals surface area contributed by atoms with Crippen molar-refractivity contribution in [1.29, 1.82) is 0 Å². The second-order valence-electron chi connectivity index (χ2n) is 5.10. The lowest BCUT2D eigenvalue weighted by Gasteiger charge is -2.01. The van der Waals surface area contributed by atoms with Crippen molar-refractivity contribution in [2.24, 2.45) is 5.10 Å². The number of hydrogen-bond acceptors (Lipinski definition) is 5. The molecule has 0 bridgehead atoms. The van der Waals surface area contributed by atoms with Gasteiger partial charge in [-0.05, 0) is 32.9 Å². The third kappa shape index (κ3) is 4.09. The van der Waals surface area contributed by atoms with Crippen LogP contribution >= 0.6 is 0 Å². The minimum atomic E-state index is -0.881. The molecule has 0 saturated heterocycles. The summed E-state index contributed by atoms with van der Waals surface area (Å²) in [6.07, 6.45) is 1.75. The van der Waals surface area contributed by atoms with Crippen molar-refractivity contribution in [2.45, 2.75) is 33.6 Å². The van der Waals surface area contributed by atoms with Crippen LogP contribution in [-0.4, -0.2) is 22.7 Å². The summed E-state index contributed by atoms with van der Waals surface area (Å²) in [5, 5.41) is 12.8. The number of aliphatic carboxylic acids is 1. The molecule has 0 aliphatic carbocycles. The summed E-state index contributed by atoms with van der Waals surface area (Å²) < 4.78 is 10.6. The topological polar surface area (TPSA) is 105 Å². The Morgan fingerprint density at radius 1 is 1.26 bits per heavy atom. The van der Waals surface area contributed by atoms with Crippen LogP contribution in [0.4, 0.5) is 0 Å². The van der Waals surface area contributed by atoms with E-state index in [1.807, 2.05) is 0 Å². The fourth-order valence-corrected chi connectivity index (χ4v) is 2.13. The maximum atomic E-state index is 12.0. The van der Waals surface area contributed by atoms with E-state index in [0.29, 0.717) is 35.0 Å². The first-order valence-corrected chi connectivity index (χ1v) is 7.08. The van der Waals surface area contributed by atoms with Gasteiger partial charge >= 0.3 is 5.97 Å².